The zero-order chi connectivity index (χ0) is 27.9. The first-order chi connectivity index (χ1) is 18.5. The van der Waals surface area contributed by atoms with E-state index in [0.717, 1.165) is 12.1 Å². The first-order valence-electron chi connectivity index (χ1n) is 11.5. The fourth-order valence-electron chi connectivity index (χ4n) is 4.33. The van der Waals surface area contributed by atoms with Crippen LogP contribution >= 0.6 is 0 Å². The molecule has 1 aliphatic rings. The van der Waals surface area contributed by atoms with E-state index in [1.54, 1.807) is 0 Å². The standard InChI is InChI=1S/C27H19F5N4O3/c1-39-16-7-8-17(20(10-16)27(30,31)32)14-5-6-15(19(9-14)26(37)38)12-36-13-23-22(11-33-36)34-25(35-23)18-3-2-4-21(28)24(18)29/h2-11H,12-13H2,1H3,(H,34,35)(H,37,38). The van der Waals surface area contributed by atoms with Gasteiger partial charge in [0, 0.05) is 0 Å². The van der Waals surface area contributed by atoms with Crippen molar-refractivity contribution < 1.29 is 36.6 Å². The summed E-state index contributed by atoms with van der Waals surface area (Å²) in [6.45, 7) is 0.155. The highest BCUT2D eigenvalue weighted by Gasteiger charge is 2.34. The molecule has 200 valence electrons. The third-order valence-corrected chi connectivity index (χ3v) is 6.24. The van der Waals surface area contributed by atoms with Gasteiger partial charge in [-0.1, -0.05) is 24.3 Å². The highest BCUT2D eigenvalue weighted by Crippen LogP contribution is 2.39. The maximum absolute atomic E-state index is 14.2. The van der Waals surface area contributed by atoms with Crippen molar-refractivity contribution in [1.82, 2.24) is 15.0 Å². The summed E-state index contributed by atoms with van der Waals surface area (Å²) < 4.78 is 74.0. The van der Waals surface area contributed by atoms with E-state index in [1.165, 1.54) is 60.8 Å². The summed E-state index contributed by atoms with van der Waals surface area (Å²) in [5.74, 6) is -3.25. The molecule has 1 aliphatic heterocycles. The number of benzene rings is 3. The molecule has 0 radical (unpaired) electrons. The van der Waals surface area contributed by atoms with E-state index >= 15 is 0 Å². The fraction of sp³-hybridized carbons (Fsp3) is 0.148. The minimum atomic E-state index is -4.69. The van der Waals surface area contributed by atoms with Gasteiger partial charge in [0.05, 0.1) is 48.8 Å². The van der Waals surface area contributed by atoms with E-state index in [0.29, 0.717) is 17.0 Å². The molecule has 0 spiro atoms. The minimum absolute atomic E-state index is 0.00920. The number of imidazole rings is 1. The lowest BCUT2D eigenvalue weighted by Gasteiger charge is -2.23. The van der Waals surface area contributed by atoms with Crippen molar-refractivity contribution >= 4 is 12.2 Å². The average molecular weight is 542 g/mol. The summed E-state index contributed by atoms with van der Waals surface area (Å²) in [7, 11) is 1.25. The molecule has 7 nitrogen and oxygen atoms in total. The lowest BCUT2D eigenvalue weighted by molar-refractivity contribution is -0.137. The Kier molecular flexibility index (Phi) is 6.54. The molecule has 0 bridgehead atoms. The Hall–Kier alpha value is -4.74. The number of hydrogen-bond donors (Lipinski definition) is 2. The zero-order valence-corrected chi connectivity index (χ0v) is 20.2. The van der Waals surface area contributed by atoms with Crippen molar-refractivity contribution in [1.29, 1.82) is 0 Å². The number of carboxylic acid groups (broad SMARTS) is 1. The van der Waals surface area contributed by atoms with Crippen molar-refractivity contribution in [2.75, 3.05) is 7.11 Å². The molecule has 0 aliphatic carbocycles. The van der Waals surface area contributed by atoms with Crippen LogP contribution in [0.15, 0.2) is 59.7 Å². The second-order valence-electron chi connectivity index (χ2n) is 8.70. The second kappa shape index (κ2) is 9.86. The summed E-state index contributed by atoms with van der Waals surface area (Å²) in [5.41, 5.74) is -0.0373. The quantitative estimate of drug-likeness (QED) is 0.288. The van der Waals surface area contributed by atoms with E-state index in [4.69, 9.17) is 4.74 Å². The monoisotopic (exact) mass is 542 g/mol. The van der Waals surface area contributed by atoms with Crippen molar-refractivity contribution in [2.24, 2.45) is 5.10 Å². The predicted molar refractivity (Wildman–Crippen MR) is 131 cm³/mol. The predicted octanol–water partition coefficient (Wildman–Crippen LogP) is 6.10. The number of aromatic nitrogens is 2. The van der Waals surface area contributed by atoms with Crippen LogP contribution in [-0.2, 0) is 19.3 Å². The fourth-order valence-corrected chi connectivity index (χ4v) is 4.33. The van der Waals surface area contributed by atoms with Crippen molar-refractivity contribution in [3.8, 4) is 28.3 Å². The Morgan fingerprint density at radius 1 is 1.10 bits per heavy atom. The lowest BCUT2D eigenvalue weighted by Crippen LogP contribution is -2.22. The highest BCUT2D eigenvalue weighted by atomic mass is 19.4. The number of ether oxygens (including phenoxy) is 1. The number of carbonyl (C=O) groups is 1. The molecule has 0 saturated carbocycles. The van der Waals surface area contributed by atoms with Gasteiger partial charge < -0.3 is 14.8 Å². The number of fused-ring (bicyclic) bond motifs is 1. The molecule has 1 aromatic heterocycles. The SMILES string of the molecule is COc1ccc(-c2ccc(CN3Cc4[nH]c(-c5cccc(F)c5F)nc4C=N3)c(C(=O)O)c2)c(C(F)(F)F)c1. The van der Waals surface area contributed by atoms with Crippen molar-refractivity contribution in [2.45, 2.75) is 19.3 Å². The third-order valence-electron chi connectivity index (χ3n) is 6.24. The number of aromatic amines is 1. The van der Waals surface area contributed by atoms with Crippen molar-refractivity contribution in [3.05, 3.63) is 94.3 Å². The van der Waals surface area contributed by atoms with E-state index in [9.17, 15) is 31.9 Å². The topological polar surface area (TPSA) is 90.8 Å². The van der Waals surface area contributed by atoms with Crippen LogP contribution in [0.3, 0.4) is 0 Å². The number of rotatable bonds is 6. The van der Waals surface area contributed by atoms with Crippen LogP contribution in [0.25, 0.3) is 22.5 Å². The number of hydrogen-bond acceptors (Lipinski definition) is 5. The van der Waals surface area contributed by atoms with Crippen molar-refractivity contribution in [3.63, 3.8) is 0 Å². The molecular weight excluding hydrogens is 523 g/mol. The Morgan fingerprint density at radius 2 is 1.90 bits per heavy atom. The molecule has 2 heterocycles. The van der Waals surface area contributed by atoms with Crippen LogP contribution in [-0.4, -0.2) is 39.4 Å². The maximum atomic E-state index is 14.2. The molecule has 4 aromatic rings. The van der Waals surface area contributed by atoms with E-state index in [1.807, 2.05) is 0 Å². The molecule has 2 N–H and O–H groups in total. The zero-order valence-electron chi connectivity index (χ0n) is 20.2. The number of hydrazone groups is 1. The molecule has 12 heteroatoms. The van der Waals surface area contributed by atoms with Gasteiger partial charge in [-0.05, 0) is 47.0 Å². The number of aromatic carboxylic acids is 1. The summed E-state index contributed by atoms with van der Waals surface area (Å²) in [6.07, 6.45) is -3.29. The molecule has 3 aromatic carbocycles. The second-order valence-corrected chi connectivity index (χ2v) is 8.70. The number of halogens is 5. The van der Waals surface area contributed by atoms with E-state index in [2.05, 4.69) is 15.1 Å². The van der Waals surface area contributed by atoms with Gasteiger partial charge in [0.25, 0.3) is 0 Å². The molecule has 0 unspecified atom stereocenters. The van der Waals surface area contributed by atoms with Crippen LogP contribution < -0.4 is 4.74 Å². The number of H-pyrrole nitrogens is 1. The summed E-state index contributed by atoms with van der Waals surface area (Å²) in [4.78, 5) is 19.3. The first kappa shape index (κ1) is 25.9. The van der Waals surface area contributed by atoms with Gasteiger partial charge in [0.15, 0.2) is 11.6 Å². The van der Waals surface area contributed by atoms with Gasteiger partial charge in [-0.2, -0.15) is 18.3 Å². The summed E-state index contributed by atoms with van der Waals surface area (Å²) >= 11 is 0. The highest BCUT2D eigenvalue weighted by molar-refractivity contribution is 5.91. The Bertz CT molecular complexity index is 1610. The first-order valence-corrected chi connectivity index (χ1v) is 11.5. The Labute approximate surface area is 218 Å². The molecule has 5 rings (SSSR count). The molecule has 0 saturated heterocycles. The number of nitrogens with one attached hydrogen (secondary N) is 1. The van der Waals surface area contributed by atoms with Crippen LogP contribution in [0, 0.1) is 11.6 Å². The summed E-state index contributed by atoms with van der Waals surface area (Å²) in [6, 6.07) is 11.2. The third kappa shape index (κ3) is 5.05. The number of alkyl halides is 3. The normalized spacial score (nSPS) is 12.9. The maximum Gasteiger partial charge on any atom is 0.417 e. The van der Waals surface area contributed by atoms with Crippen LogP contribution in [0.4, 0.5) is 22.0 Å². The summed E-state index contributed by atoms with van der Waals surface area (Å²) in [5, 5.41) is 15.6. The molecular formula is C27H19F5N4O3. The van der Waals surface area contributed by atoms with Gasteiger partial charge >= 0.3 is 12.1 Å². The smallest absolute Gasteiger partial charge is 0.417 e. The largest absolute Gasteiger partial charge is 0.497 e. The van der Waals surface area contributed by atoms with E-state index in [-0.39, 0.29) is 46.9 Å². The Morgan fingerprint density at radius 3 is 2.62 bits per heavy atom. The lowest BCUT2D eigenvalue weighted by atomic mass is 9.95. The number of methoxy groups -OCH3 is 1. The average Bonchev–Trinajstić information content (AvgIpc) is 3.32. The molecule has 0 atom stereocenters. The van der Waals surface area contributed by atoms with Crippen LogP contribution in [0.5, 0.6) is 5.75 Å². The minimum Gasteiger partial charge on any atom is -0.497 e. The number of carboxylic acids is 1. The van der Waals surface area contributed by atoms with Crippen LogP contribution in [0.2, 0.25) is 0 Å². The van der Waals surface area contributed by atoms with E-state index < -0.39 is 29.3 Å². The van der Waals surface area contributed by atoms with Gasteiger partial charge in [-0.3, -0.25) is 5.01 Å². The molecule has 39 heavy (non-hydrogen) atoms. The Balaban J connectivity index is 1.43. The van der Waals surface area contributed by atoms with Crippen LogP contribution in [0.1, 0.15) is 32.9 Å². The molecule has 0 fully saturated rings. The van der Waals surface area contributed by atoms with Gasteiger partial charge in [-0.25, -0.2) is 18.6 Å². The number of nitrogens with zero attached hydrogens (tertiary/aromatic N) is 3. The van der Waals surface area contributed by atoms with Gasteiger partial charge in [0.1, 0.15) is 17.3 Å². The molecule has 0 amide bonds. The van der Waals surface area contributed by atoms with Gasteiger partial charge in [-0.15, -0.1) is 0 Å². The van der Waals surface area contributed by atoms with Gasteiger partial charge in [0.2, 0.25) is 0 Å².